The molecule has 4 heteroatoms. The van der Waals surface area contributed by atoms with Crippen molar-refractivity contribution in [3.63, 3.8) is 0 Å². The second kappa shape index (κ2) is 7.42. The van der Waals surface area contributed by atoms with Crippen molar-refractivity contribution in [2.75, 3.05) is 0 Å². The van der Waals surface area contributed by atoms with E-state index < -0.39 is 11.4 Å². The first kappa shape index (κ1) is 18.7. The summed E-state index contributed by atoms with van der Waals surface area (Å²) < 4.78 is 0. The number of aromatic nitrogens is 2. The van der Waals surface area contributed by atoms with Crippen LogP contribution in [-0.4, -0.2) is 21.0 Å². The van der Waals surface area contributed by atoms with Gasteiger partial charge in [-0.3, -0.25) is 4.79 Å². The van der Waals surface area contributed by atoms with Gasteiger partial charge in [0.25, 0.3) is 0 Å². The molecule has 0 unspecified atom stereocenters. The van der Waals surface area contributed by atoms with E-state index in [1.165, 1.54) is 11.1 Å². The number of rotatable bonds is 5. The summed E-state index contributed by atoms with van der Waals surface area (Å²) in [7, 11) is 0. The SMILES string of the molecule is CC(C)c1nc2c(Cc3ccc(C4(C(=O)O)CCCCC4)cc3)cccc2[nH]1. The summed E-state index contributed by atoms with van der Waals surface area (Å²) in [6, 6.07) is 14.5. The number of H-pyrrole nitrogens is 1. The molecule has 2 aromatic carbocycles. The Hall–Kier alpha value is -2.62. The lowest BCUT2D eigenvalue weighted by Crippen LogP contribution is -2.37. The van der Waals surface area contributed by atoms with E-state index in [0.717, 1.165) is 60.9 Å². The Labute approximate surface area is 166 Å². The van der Waals surface area contributed by atoms with E-state index in [9.17, 15) is 9.90 Å². The summed E-state index contributed by atoms with van der Waals surface area (Å²) in [6.07, 6.45) is 5.40. The smallest absolute Gasteiger partial charge is 0.314 e. The number of imidazole rings is 1. The standard InChI is InChI=1S/C24H28N2O2/c1-16(2)22-25-20-8-6-7-18(21(20)26-22)15-17-9-11-19(12-10-17)24(23(27)28)13-4-3-5-14-24/h6-12,16H,3-5,13-15H2,1-2H3,(H,25,26)(H,27,28). The summed E-state index contributed by atoms with van der Waals surface area (Å²) >= 11 is 0. The van der Waals surface area contributed by atoms with Crippen LogP contribution in [0, 0.1) is 0 Å². The topological polar surface area (TPSA) is 66.0 Å². The van der Waals surface area contributed by atoms with Gasteiger partial charge in [-0.05, 0) is 42.0 Å². The molecule has 1 fully saturated rings. The Kier molecular flexibility index (Phi) is 4.96. The summed E-state index contributed by atoms with van der Waals surface area (Å²) in [5.41, 5.74) is 4.73. The normalized spacial score (nSPS) is 16.5. The highest BCUT2D eigenvalue weighted by molar-refractivity contribution is 5.82. The third kappa shape index (κ3) is 3.32. The first-order chi connectivity index (χ1) is 13.5. The van der Waals surface area contributed by atoms with Crippen LogP contribution in [0.3, 0.4) is 0 Å². The highest BCUT2D eigenvalue weighted by Crippen LogP contribution is 2.40. The molecular weight excluding hydrogens is 348 g/mol. The molecule has 2 N–H and O–H groups in total. The number of fused-ring (bicyclic) bond motifs is 1. The van der Waals surface area contributed by atoms with Crippen LogP contribution >= 0.6 is 0 Å². The molecule has 1 aliphatic carbocycles. The second-order valence-electron chi connectivity index (χ2n) is 8.41. The highest BCUT2D eigenvalue weighted by Gasteiger charge is 2.41. The van der Waals surface area contributed by atoms with Gasteiger partial charge in [0.05, 0.1) is 16.4 Å². The maximum Gasteiger partial charge on any atom is 0.314 e. The Morgan fingerprint density at radius 2 is 1.82 bits per heavy atom. The van der Waals surface area contributed by atoms with Crippen molar-refractivity contribution in [3.8, 4) is 0 Å². The van der Waals surface area contributed by atoms with Gasteiger partial charge < -0.3 is 10.1 Å². The number of carbonyl (C=O) groups is 1. The van der Waals surface area contributed by atoms with Crippen molar-refractivity contribution in [3.05, 3.63) is 65.0 Å². The molecule has 3 aromatic rings. The Morgan fingerprint density at radius 3 is 2.46 bits per heavy atom. The second-order valence-corrected chi connectivity index (χ2v) is 8.41. The fourth-order valence-electron chi connectivity index (χ4n) is 4.47. The van der Waals surface area contributed by atoms with Crippen molar-refractivity contribution < 1.29 is 9.90 Å². The predicted octanol–water partition coefficient (Wildman–Crippen LogP) is 5.56. The largest absolute Gasteiger partial charge is 0.481 e. The van der Waals surface area contributed by atoms with Gasteiger partial charge in [0.15, 0.2) is 0 Å². The van der Waals surface area contributed by atoms with Crippen molar-refractivity contribution in [1.29, 1.82) is 0 Å². The lowest BCUT2D eigenvalue weighted by molar-refractivity contribution is -0.145. The zero-order chi connectivity index (χ0) is 19.7. The average Bonchev–Trinajstić information content (AvgIpc) is 3.15. The zero-order valence-corrected chi connectivity index (χ0v) is 16.7. The van der Waals surface area contributed by atoms with E-state index in [-0.39, 0.29) is 0 Å². The van der Waals surface area contributed by atoms with Crippen LogP contribution in [0.15, 0.2) is 42.5 Å². The molecular formula is C24H28N2O2. The molecule has 0 aliphatic heterocycles. The maximum absolute atomic E-state index is 12.0. The van der Waals surface area contributed by atoms with Gasteiger partial charge in [-0.1, -0.05) is 69.5 Å². The molecule has 28 heavy (non-hydrogen) atoms. The monoisotopic (exact) mass is 376 g/mol. The van der Waals surface area contributed by atoms with E-state index in [4.69, 9.17) is 4.98 Å². The summed E-state index contributed by atoms with van der Waals surface area (Å²) in [4.78, 5) is 20.3. The Morgan fingerprint density at radius 1 is 1.11 bits per heavy atom. The van der Waals surface area contributed by atoms with Crippen LogP contribution < -0.4 is 0 Å². The minimum atomic E-state index is -0.703. The number of aliphatic carboxylic acids is 1. The summed E-state index contributed by atoms with van der Waals surface area (Å²) in [6.45, 7) is 4.28. The highest BCUT2D eigenvalue weighted by atomic mass is 16.4. The molecule has 146 valence electrons. The molecule has 1 aromatic heterocycles. The van der Waals surface area contributed by atoms with Gasteiger partial charge in [-0.25, -0.2) is 4.98 Å². The molecule has 1 heterocycles. The predicted molar refractivity (Wildman–Crippen MR) is 112 cm³/mol. The molecule has 1 saturated carbocycles. The first-order valence-corrected chi connectivity index (χ1v) is 10.3. The molecule has 0 amide bonds. The average molecular weight is 377 g/mol. The number of nitrogens with zero attached hydrogens (tertiary/aromatic N) is 1. The number of hydrogen-bond acceptors (Lipinski definition) is 2. The third-order valence-corrected chi connectivity index (χ3v) is 6.18. The fraction of sp³-hybridized carbons (Fsp3) is 0.417. The lowest BCUT2D eigenvalue weighted by Gasteiger charge is -2.33. The number of aromatic amines is 1. The Balaban J connectivity index is 1.62. The minimum absolute atomic E-state index is 0.363. The number of carboxylic acids is 1. The van der Waals surface area contributed by atoms with Crippen LogP contribution in [0.1, 0.15) is 74.4 Å². The van der Waals surface area contributed by atoms with Gasteiger partial charge >= 0.3 is 5.97 Å². The van der Waals surface area contributed by atoms with Gasteiger partial charge in [-0.2, -0.15) is 0 Å². The van der Waals surface area contributed by atoms with Gasteiger partial charge in [-0.15, -0.1) is 0 Å². The van der Waals surface area contributed by atoms with Gasteiger partial charge in [0.1, 0.15) is 5.82 Å². The first-order valence-electron chi connectivity index (χ1n) is 10.3. The molecule has 0 bridgehead atoms. The minimum Gasteiger partial charge on any atom is -0.481 e. The zero-order valence-electron chi connectivity index (χ0n) is 16.7. The van der Waals surface area contributed by atoms with E-state index in [2.05, 4.69) is 49.2 Å². The van der Waals surface area contributed by atoms with Crippen LogP contribution in [0.4, 0.5) is 0 Å². The maximum atomic E-state index is 12.0. The van der Waals surface area contributed by atoms with Crippen molar-refractivity contribution in [1.82, 2.24) is 9.97 Å². The van der Waals surface area contributed by atoms with E-state index in [0.29, 0.717) is 5.92 Å². The molecule has 4 rings (SSSR count). The van der Waals surface area contributed by atoms with Crippen LogP contribution in [0.2, 0.25) is 0 Å². The van der Waals surface area contributed by atoms with Crippen molar-refractivity contribution in [2.24, 2.45) is 0 Å². The summed E-state index contributed by atoms with van der Waals surface area (Å²) in [5, 5.41) is 9.90. The molecule has 0 radical (unpaired) electrons. The molecule has 0 saturated heterocycles. The summed E-state index contributed by atoms with van der Waals surface area (Å²) in [5.74, 6) is 0.697. The van der Waals surface area contributed by atoms with Crippen molar-refractivity contribution in [2.45, 2.75) is 63.7 Å². The quantitative estimate of drug-likeness (QED) is 0.612. The van der Waals surface area contributed by atoms with Crippen LogP contribution in [-0.2, 0) is 16.6 Å². The van der Waals surface area contributed by atoms with Crippen molar-refractivity contribution >= 4 is 17.0 Å². The number of benzene rings is 2. The molecule has 0 spiro atoms. The number of nitrogens with one attached hydrogen (secondary N) is 1. The number of carboxylic acid groups (broad SMARTS) is 1. The van der Waals surface area contributed by atoms with Gasteiger partial charge in [0.2, 0.25) is 0 Å². The third-order valence-electron chi connectivity index (χ3n) is 6.18. The van der Waals surface area contributed by atoms with E-state index in [1.54, 1.807) is 0 Å². The van der Waals surface area contributed by atoms with Crippen LogP contribution in [0.25, 0.3) is 11.0 Å². The Bertz CT molecular complexity index is 980. The van der Waals surface area contributed by atoms with Crippen LogP contribution in [0.5, 0.6) is 0 Å². The molecule has 0 atom stereocenters. The molecule has 4 nitrogen and oxygen atoms in total. The number of hydrogen-bond donors (Lipinski definition) is 2. The van der Waals surface area contributed by atoms with E-state index >= 15 is 0 Å². The fourth-order valence-corrected chi connectivity index (χ4v) is 4.47. The number of para-hydroxylation sites is 1. The lowest BCUT2D eigenvalue weighted by atomic mass is 9.69. The van der Waals surface area contributed by atoms with E-state index in [1.807, 2.05) is 12.1 Å². The molecule has 1 aliphatic rings. The van der Waals surface area contributed by atoms with Gasteiger partial charge in [0, 0.05) is 5.92 Å².